The number of carbonyl (C=O) groups excluding carboxylic acids is 6. The van der Waals surface area contributed by atoms with E-state index >= 15 is 0 Å². The van der Waals surface area contributed by atoms with Crippen LogP contribution >= 0.6 is 0 Å². The molecule has 0 aliphatic carbocycles. The van der Waals surface area contributed by atoms with Crippen LogP contribution in [0.1, 0.15) is 77.5 Å². The molecule has 19 heteroatoms. The van der Waals surface area contributed by atoms with E-state index in [1.54, 1.807) is 91.0 Å². The number of nitrogens with one attached hydrogen (secondary N) is 1. The predicted octanol–water partition coefficient (Wildman–Crippen LogP) is 5.89. The summed E-state index contributed by atoms with van der Waals surface area (Å²) in [5.74, 6) is -5.34. The number of methoxy groups -OCH3 is 2. The van der Waals surface area contributed by atoms with E-state index < -0.39 is 104 Å². The normalized spacial score (nSPS) is 23.0. The highest BCUT2D eigenvalue weighted by molar-refractivity contribution is 5.92. The van der Waals surface area contributed by atoms with Gasteiger partial charge in [-0.25, -0.2) is 28.8 Å². The average molecular weight is 1050 g/mol. The van der Waals surface area contributed by atoms with E-state index in [1.807, 2.05) is 0 Å². The Morgan fingerprint density at radius 1 is 0.447 bits per heavy atom. The van der Waals surface area contributed by atoms with Crippen molar-refractivity contribution in [2.24, 2.45) is 5.73 Å². The molecular formula is C57H62N2O17. The first kappa shape index (κ1) is 56.4. The summed E-state index contributed by atoms with van der Waals surface area (Å²) in [6, 6.07) is 39.9. The lowest BCUT2D eigenvalue weighted by molar-refractivity contribution is -0.326. The maximum Gasteiger partial charge on any atom is 0.338 e. The van der Waals surface area contributed by atoms with Crippen LogP contribution in [0.25, 0.3) is 0 Å². The molecule has 0 amide bonds. The van der Waals surface area contributed by atoms with Crippen molar-refractivity contribution in [1.82, 2.24) is 5.32 Å². The Morgan fingerprint density at radius 2 is 0.829 bits per heavy atom. The quantitative estimate of drug-likeness (QED) is 0.0393. The number of esters is 6. The van der Waals surface area contributed by atoms with Crippen LogP contribution < -0.4 is 11.1 Å². The molecule has 7 rings (SSSR count). The Morgan fingerprint density at radius 3 is 1.24 bits per heavy atom. The van der Waals surface area contributed by atoms with Gasteiger partial charge in [-0.15, -0.1) is 0 Å². The summed E-state index contributed by atoms with van der Waals surface area (Å²) in [5.41, 5.74) is 6.19. The number of hydrogen-bond donors (Lipinski definition) is 2. The number of benzene rings is 5. The van der Waals surface area contributed by atoms with Crippen molar-refractivity contribution in [3.05, 3.63) is 179 Å². The first-order chi connectivity index (χ1) is 37.1. The maximum atomic E-state index is 14.2. The monoisotopic (exact) mass is 1050 g/mol. The number of hydrogen-bond acceptors (Lipinski definition) is 19. The van der Waals surface area contributed by atoms with E-state index in [9.17, 15) is 28.8 Å². The van der Waals surface area contributed by atoms with Crippen LogP contribution in [0.2, 0.25) is 0 Å². The summed E-state index contributed by atoms with van der Waals surface area (Å²) in [6.07, 6.45) is -13.2. The lowest BCUT2D eigenvalue weighted by Crippen LogP contribution is -2.65. The second-order valence-electron chi connectivity index (χ2n) is 17.5. The predicted molar refractivity (Wildman–Crippen MR) is 271 cm³/mol. The minimum atomic E-state index is -1.80. The van der Waals surface area contributed by atoms with Gasteiger partial charge in [0.05, 0.1) is 41.5 Å². The lowest BCUT2D eigenvalue weighted by Gasteiger charge is -2.46. The van der Waals surface area contributed by atoms with Gasteiger partial charge in [0.1, 0.15) is 12.2 Å². The molecule has 3 N–H and O–H groups in total. The molecule has 19 nitrogen and oxygen atoms in total. The zero-order valence-electron chi connectivity index (χ0n) is 42.1. The average Bonchev–Trinajstić information content (AvgIpc) is 3.48. The summed E-state index contributed by atoms with van der Waals surface area (Å²) in [6.45, 7) is 1.39. The third-order valence-corrected chi connectivity index (χ3v) is 12.3. The molecule has 0 spiro atoms. The number of rotatable bonds is 25. The van der Waals surface area contributed by atoms with Gasteiger partial charge in [0.2, 0.25) is 0 Å². The van der Waals surface area contributed by atoms with Gasteiger partial charge in [0.15, 0.2) is 49.2 Å². The SMILES string of the molecule is COC(=O)[C@H]1O[C@@H](OC[C@H]2O[C@@H](OCCCCCCNCCN)[C@H](OC(=O)c3ccccc3)[C@@H](OC(=O)c3ccccc3)[C@H]2OC(=O)c2ccccc2)[C@H](OC(=O)c2ccccc2)[C@@H](OC(=O)c2ccccc2)[C@@H]1OC. The Labute approximate surface area is 440 Å². The largest absolute Gasteiger partial charge is 0.467 e. The molecule has 0 bridgehead atoms. The zero-order valence-corrected chi connectivity index (χ0v) is 42.1. The van der Waals surface area contributed by atoms with Crippen molar-refractivity contribution in [2.45, 2.75) is 87.1 Å². The van der Waals surface area contributed by atoms with Crippen LogP contribution in [0.5, 0.6) is 0 Å². The van der Waals surface area contributed by atoms with E-state index in [1.165, 1.54) is 67.8 Å². The van der Waals surface area contributed by atoms with Gasteiger partial charge >= 0.3 is 35.8 Å². The van der Waals surface area contributed by atoms with E-state index in [0.717, 1.165) is 32.9 Å². The van der Waals surface area contributed by atoms with Crippen molar-refractivity contribution < 1.29 is 80.9 Å². The van der Waals surface area contributed by atoms with Crippen molar-refractivity contribution in [3.8, 4) is 0 Å². The molecule has 0 aromatic heterocycles. The molecule has 2 aliphatic heterocycles. The van der Waals surface area contributed by atoms with Crippen LogP contribution in [-0.4, -0.2) is 144 Å². The number of unbranched alkanes of at least 4 members (excludes halogenated alkanes) is 3. The second kappa shape index (κ2) is 29.1. The van der Waals surface area contributed by atoms with Crippen molar-refractivity contribution in [1.29, 1.82) is 0 Å². The molecule has 2 aliphatic rings. The van der Waals surface area contributed by atoms with Gasteiger partial charge in [0.25, 0.3) is 0 Å². The van der Waals surface area contributed by atoms with Crippen molar-refractivity contribution in [3.63, 3.8) is 0 Å². The molecule has 2 saturated heterocycles. The van der Waals surface area contributed by atoms with Gasteiger partial charge in [-0.1, -0.05) is 104 Å². The standard InChI is InChI=1S/C57H62N2O17/c1-66-44-46(73-52(62)39-26-14-7-15-27-39)49(75-54(64)41-30-18-9-19-31-41)57(76-47(44)55(65)67-2)69-36-42-43(71-50(60)37-22-10-5-11-23-37)45(72-51(61)38-24-12-6-13-25-38)48(74-53(63)40-28-16-8-17-29-40)56(70-42)68-35-21-4-3-20-33-59-34-32-58/h5-19,22-31,42-49,56-57,59H,3-4,20-21,32-36,58H2,1-2H3/t42-,43+,44+,45+,46+,47+,48-,49-,56-,57-/m1/s1. The smallest absolute Gasteiger partial charge is 0.338 e. The molecule has 10 atom stereocenters. The number of nitrogens with two attached hydrogens (primary N) is 1. The van der Waals surface area contributed by atoms with Crippen LogP contribution in [0, 0.1) is 0 Å². The first-order valence-electron chi connectivity index (χ1n) is 25.0. The molecule has 5 aromatic rings. The first-order valence-corrected chi connectivity index (χ1v) is 25.0. The summed E-state index contributed by atoms with van der Waals surface area (Å²) in [4.78, 5) is 84.0. The van der Waals surface area contributed by atoms with Crippen LogP contribution in [0.4, 0.5) is 0 Å². The highest BCUT2D eigenvalue weighted by atomic mass is 16.8. The maximum absolute atomic E-state index is 14.2. The Bertz CT molecular complexity index is 2610. The number of carbonyl (C=O) groups is 6. The van der Waals surface area contributed by atoms with Gasteiger partial charge in [-0.05, 0) is 80.1 Å². The van der Waals surface area contributed by atoms with E-state index in [2.05, 4.69) is 5.32 Å². The molecule has 2 heterocycles. The fourth-order valence-electron chi connectivity index (χ4n) is 8.47. The molecule has 402 valence electrons. The van der Waals surface area contributed by atoms with Crippen molar-refractivity contribution in [2.75, 3.05) is 47.1 Å². The van der Waals surface area contributed by atoms with Gasteiger partial charge in [-0.2, -0.15) is 0 Å². The third kappa shape index (κ3) is 15.4. The van der Waals surface area contributed by atoms with Crippen molar-refractivity contribution >= 4 is 35.8 Å². The molecular weight excluding hydrogens is 985 g/mol. The summed E-state index contributed by atoms with van der Waals surface area (Å²) >= 11 is 0. The van der Waals surface area contributed by atoms with Gasteiger partial charge < -0.3 is 63.2 Å². The lowest BCUT2D eigenvalue weighted by atomic mass is 9.96. The second-order valence-corrected chi connectivity index (χ2v) is 17.5. The molecule has 0 saturated carbocycles. The van der Waals surface area contributed by atoms with E-state index in [-0.39, 0.29) is 34.4 Å². The number of ether oxygens (including phenoxy) is 11. The topological polar surface area (TPSA) is 242 Å². The zero-order chi connectivity index (χ0) is 53.7. The summed E-state index contributed by atoms with van der Waals surface area (Å²) in [7, 11) is 2.35. The van der Waals surface area contributed by atoms with Crippen LogP contribution in [0.15, 0.2) is 152 Å². The van der Waals surface area contributed by atoms with Gasteiger partial charge in [0, 0.05) is 26.8 Å². The Balaban J connectivity index is 1.28. The fourth-order valence-corrected chi connectivity index (χ4v) is 8.47. The summed E-state index contributed by atoms with van der Waals surface area (Å²) in [5, 5.41) is 3.27. The van der Waals surface area contributed by atoms with E-state index in [0.29, 0.717) is 19.5 Å². The summed E-state index contributed by atoms with van der Waals surface area (Å²) < 4.78 is 67.6. The van der Waals surface area contributed by atoms with E-state index in [4.69, 9.17) is 57.8 Å². The molecule has 0 radical (unpaired) electrons. The van der Waals surface area contributed by atoms with Crippen LogP contribution in [-0.2, 0) is 56.9 Å². The fraction of sp³-hybridized carbons (Fsp3) is 0.368. The Kier molecular flexibility index (Phi) is 21.6. The third-order valence-electron chi connectivity index (χ3n) is 12.3. The minimum Gasteiger partial charge on any atom is -0.467 e. The Hall–Kier alpha value is -7.36. The molecule has 2 fully saturated rings. The molecule has 5 aromatic carbocycles. The molecule has 0 unspecified atom stereocenters. The van der Waals surface area contributed by atoms with Gasteiger partial charge in [-0.3, -0.25) is 0 Å². The highest BCUT2D eigenvalue weighted by Gasteiger charge is 2.57. The molecule has 76 heavy (non-hydrogen) atoms. The highest BCUT2D eigenvalue weighted by Crippen LogP contribution is 2.35. The minimum absolute atomic E-state index is 0.0681. The van der Waals surface area contributed by atoms with Crippen LogP contribution in [0.3, 0.4) is 0 Å².